The van der Waals surface area contributed by atoms with E-state index in [-0.39, 0.29) is 17.1 Å². The molecule has 2 aromatic rings. The molecule has 0 aliphatic rings. The van der Waals surface area contributed by atoms with Gasteiger partial charge in [-0.1, -0.05) is 26.2 Å². The molecule has 6 heteroatoms. The van der Waals surface area contributed by atoms with Crippen LogP contribution in [0.15, 0.2) is 11.0 Å². The minimum Gasteiger partial charge on any atom is -0.353 e. The number of H-pyrrole nitrogens is 1. The maximum absolute atomic E-state index is 12.2. The predicted octanol–water partition coefficient (Wildman–Crippen LogP) is 3.26. The van der Waals surface area contributed by atoms with Crippen LogP contribution in [0.4, 0.5) is 5.95 Å². The highest BCUT2D eigenvalue weighted by molar-refractivity contribution is 5.74. The summed E-state index contributed by atoms with van der Waals surface area (Å²) in [5.41, 5.74) is 0.260. The maximum Gasteiger partial charge on any atom is 0.263 e. The number of nitrogens with zero attached hydrogens (tertiary/aromatic N) is 3. The molecule has 0 aromatic carbocycles. The second-order valence-corrected chi connectivity index (χ2v) is 6.92. The summed E-state index contributed by atoms with van der Waals surface area (Å²) < 4.78 is 1.80. The Hall–Kier alpha value is -1.85. The molecule has 0 saturated carbocycles. The van der Waals surface area contributed by atoms with E-state index in [4.69, 9.17) is 0 Å². The van der Waals surface area contributed by atoms with E-state index in [0.29, 0.717) is 17.0 Å². The summed E-state index contributed by atoms with van der Waals surface area (Å²) in [7, 11) is 0. The van der Waals surface area contributed by atoms with Crippen LogP contribution < -0.4 is 10.9 Å². The van der Waals surface area contributed by atoms with Crippen molar-refractivity contribution in [3.8, 4) is 0 Å². The fourth-order valence-corrected chi connectivity index (χ4v) is 2.48. The monoisotopic (exact) mass is 305 g/mol. The molecular formula is C16H27N5O. The number of fused-ring (bicyclic) bond motifs is 1. The van der Waals surface area contributed by atoms with Gasteiger partial charge in [-0.3, -0.25) is 9.78 Å². The number of nitrogens with one attached hydrogen (secondary N) is 2. The summed E-state index contributed by atoms with van der Waals surface area (Å²) in [6, 6.07) is 0.276. The zero-order valence-corrected chi connectivity index (χ0v) is 14.2. The highest BCUT2D eigenvalue weighted by atomic mass is 16.1. The van der Waals surface area contributed by atoms with E-state index in [1.165, 1.54) is 19.3 Å². The number of rotatable bonds is 6. The summed E-state index contributed by atoms with van der Waals surface area (Å²) in [6.07, 6.45) is 6.26. The van der Waals surface area contributed by atoms with E-state index >= 15 is 0 Å². The van der Waals surface area contributed by atoms with Gasteiger partial charge in [-0.2, -0.15) is 10.1 Å². The number of aromatic amines is 1. The molecule has 0 aliphatic carbocycles. The van der Waals surface area contributed by atoms with Crippen LogP contribution in [-0.4, -0.2) is 25.8 Å². The van der Waals surface area contributed by atoms with Crippen molar-refractivity contribution in [2.45, 2.75) is 71.9 Å². The average molecular weight is 305 g/mol. The van der Waals surface area contributed by atoms with Crippen LogP contribution >= 0.6 is 0 Å². The number of hydrogen-bond acceptors (Lipinski definition) is 4. The Labute approximate surface area is 131 Å². The number of unbranched alkanes of at least 4 members (excludes halogenated alkanes) is 2. The molecule has 0 radical (unpaired) electrons. The van der Waals surface area contributed by atoms with Crippen molar-refractivity contribution in [2.75, 3.05) is 5.32 Å². The van der Waals surface area contributed by atoms with Crippen molar-refractivity contribution in [3.05, 3.63) is 16.6 Å². The number of aromatic nitrogens is 4. The Kier molecular flexibility index (Phi) is 4.88. The molecule has 2 aromatic heterocycles. The van der Waals surface area contributed by atoms with Gasteiger partial charge in [-0.05, 0) is 34.1 Å². The van der Waals surface area contributed by atoms with Gasteiger partial charge in [0.1, 0.15) is 5.39 Å². The summed E-state index contributed by atoms with van der Waals surface area (Å²) in [4.78, 5) is 19.6. The zero-order valence-electron chi connectivity index (χ0n) is 14.2. The highest BCUT2D eigenvalue weighted by Gasteiger charge is 2.20. The van der Waals surface area contributed by atoms with Gasteiger partial charge in [0.2, 0.25) is 5.95 Å². The summed E-state index contributed by atoms with van der Waals surface area (Å²) in [6.45, 7) is 10.4. The number of anilines is 1. The van der Waals surface area contributed by atoms with Gasteiger partial charge >= 0.3 is 0 Å². The molecule has 0 spiro atoms. The lowest BCUT2D eigenvalue weighted by atomic mass is 10.1. The van der Waals surface area contributed by atoms with E-state index in [0.717, 1.165) is 6.42 Å². The first kappa shape index (κ1) is 16.5. The fourth-order valence-electron chi connectivity index (χ4n) is 2.48. The minimum atomic E-state index is -0.216. The second kappa shape index (κ2) is 6.50. The van der Waals surface area contributed by atoms with Gasteiger partial charge in [-0.15, -0.1) is 0 Å². The van der Waals surface area contributed by atoms with Gasteiger partial charge in [-0.25, -0.2) is 4.68 Å². The summed E-state index contributed by atoms with van der Waals surface area (Å²) in [5, 5.41) is 8.14. The van der Waals surface area contributed by atoms with Gasteiger partial charge in [0.15, 0.2) is 5.65 Å². The van der Waals surface area contributed by atoms with E-state index in [2.05, 4.69) is 34.2 Å². The molecule has 6 nitrogen and oxygen atoms in total. The first-order chi connectivity index (χ1) is 10.3. The van der Waals surface area contributed by atoms with Crippen molar-refractivity contribution in [1.29, 1.82) is 0 Å². The van der Waals surface area contributed by atoms with Crippen LogP contribution in [-0.2, 0) is 5.54 Å². The van der Waals surface area contributed by atoms with Crippen LogP contribution in [0.5, 0.6) is 0 Å². The Morgan fingerprint density at radius 2 is 2.09 bits per heavy atom. The van der Waals surface area contributed by atoms with Crippen LogP contribution in [0.3, 0.4) is 0 Å². The normalized spacial score (nSPS) is 13.5. The van der Waals surface area contributed by atoms with Gasteiger partial charge < -0.3 is 5.32 Å². The smallest absolute Gasteiger partial charge is 0.263 e. The molecule has 0 fully saturated rings. The molecule has 0 amide bonds. The third-order valence-electron chi connectivity index (χ3n) is 3.70. The molecular weight excluding hydrogens is 278 g/mol. The van der Waals surface area contributed by atoms with Gasteiger partial charge in [0.25, 0.3) is 5.56 Å². The zero-order chi connectivity index (χ0) is 16.3. The lowest BCUT2D eigenvalue weighted by molar-refractivity contribution is 0.366. The SMILES string of the molecule is CCCCCC(C)Nc1nc2c(cnn2C(C)(C)C)c(=O)[nH]1. The average Bonchev–Trinajstić information content (AvgIpc) is 2.83. The first-order valence-corrected chi connectivity index (χ1v) is 8.08. The van der Waals surface area contributed by atoms with Crippen molar-refractivity contribution in [2.24, 2.45) is 0 Å². The summed E-state index contributed by atoms with van der Waals surface area (Å²) >= 11 is 0. The Bertz CT molecular complexity index is 680. The Morgan fingerprint density at radius 3 is 2.73 bits per heavy atom. The van der Waals surface area contributed by atoms with E-state index in [1.54, 1.807) is 10.9 Å². The maximum atomic E-state index is 12.2. The Balaban J connectivity index is 2.26. The van der Waals surface area contributed by atoms with Crippen molar-refractivity contribution in [3.63, 3.8) is 0 Å². The van der Waals surface area contributed by atoms with E-state index in [1.807, 2.05) is 20.8 Å². The van der Waals surface area contributed by atoms with Crippen LogP contribution in [0, 0.1) is 0 Å². The topological polar surface area (TPSA) is 75.6 Å². The molecule has 1 unspecified atom stereocenters. The second-order valence-electron chi connectivity index (χ2n) is 6.92. The molecule has 2 rings (SSSR count). The molecule has 0 saturated heterocycles. The van der Waals surface area contributed by atoms with Crippen LogP contribution in [0.2, 0.25) is 0 Å². The molecule has 2 N–H and O–H groups in total. The predicted molar refractivity (Wildman–Crippen MR) is 90.4 cm³/mol. The lowest BCUT2D eigenvalue weighted by Crippen LogP contribution is -2.25. The first-order valence-electron chi connectivity index (χ1n) is 8.08. The van der Waals surface area contributed by atoms with Gasteiger partial charge in [0, 0.05) is 6.04 Å². The number of hydrogen-bond donors (Lipinski definition) is 2. The molecule has 0 bridgehead atoms. The molecule has 1 atom stereocenters. The lowest BCUT2D eigenvalue weighted by Gasteiger charge is -2.20. The van der Waals surface area contributed by atoms with Crippen molar-refractivity contribution in [1.82, 2.24) is 19.7 Å². The molecule has 22 heavy (non-hydrogen) atoms. The van der Waals surface area contributed by atoms with E-state index in [9.17, 15) is 4.79 Å². The quantitative estimate of drug-likeness (QED) is 0.803. The van der Waals surface area contributed by atoms with Crippen molar-refractivity contribution < 1.29 is 0 Å². The van der Waals surface area contributed by atoms with E-state index < -0.39 is 0 Å². The van der Waals surface area contributed by atoms with Crippen LogP contribution in [0.25, 0.3) is 11.0 Å². The van der Waals surface area contributed by atoms with Gasteiger partial charge in [0.05, 0.1) is 11.7 Å². The molecule has 0 aliphatic heterocycles. The summed E-state index contributed by atoms with van der Waals surface area (Å²) in [5.74, 6) is 0.521. The largest absolute Gasteiger partial charge is 0.353 e. The third kappa shape index (κ3) is 3.67. The fraction of sp³-hybridized carbons (Fsp3) is 0.688. The highest BCUT2D eigenvalue weighted by Crippen LogP contribution is 2.19. The minimum absolute atomic E-state index is 0.149. The third-order valence-corrected chi connectivity index (χ3v) is 3.70. The van der Waals surface area contributed by atoms with Crippen LogP contribution in [0.1, 0.15) is 60.3 Å². The molecule has 2 heterocycles. The Morgan fingerprint density at radius 1 is 1.36 bits per heavy atom. The standard InChI is InChI=1S/C16H27N5O/c1-6-7-8-9-11(2)18-15-19-13-12(14(22)20-15)10-17-21(13)16(3,4)5/h10-11H,6-9H2,1-5H3,(H2,18,19,20,22). The van der Waals surface area contributed by atoms with Crippen molar-refractivity contribution >= 4 is 17.0 Å². The molecule has 122 valence electrons.